The molecule has 0 aromatic carbocycles. The van der Waals surface area contributed by atoms with Crippen molar-refractivity contribution in [2.75, 3.05) is 46.3 Å². The third-order valence-electron chi connectivity index (χ3n) is 6.05. The highest BCUT2D eigenvalue weighted by molar-refractivity contribution is 5.95. The van der Waals surface area contributed by atoms with E-state index >= 15 is 0 Å². The number of hydrogen-bond acceptors (Lipinski definition) is 6. The Kier molecular flexibility index (Phi) is 6.61. The summed E-state index contributed by atoms with van der Waals surface area (Å²) < 4.78 is 0. The van der Waals surface area contributed by atoms with Gasteiger partial charge in [-0.1, -0.05) is 0 Å². The molecule has 2 saturated heterocycles. The number of hydrogen-bond donors (Lipinski definition) is 1. The van der Waals surface area contributed by atoms with Crippen LogP contribution in [0.4, 0.5) is 0 Å². The number of aliphatic carboxylic acids is 1. The third kappa shape index (κ3) is 4.86. The van der Waals surface area contributed by atoms with Crippen molar-refractivity contribution in [3.05, 3.63) is 23.3 Å². The average Bonchev–Trinajstić information content (AvgIpc) is 2.66. The Morgan fingerprint density at radius 3 is 2.54 bits per heavy atom. The van der Waals surface area contributed by atoms with Gasteiger partial charge >= 0.3 is 5.97 Å². The fraction of sp³-hybridized carbons (Fsp3) is 0.700. The van der Waals surface area contributed by atoms with E-state index in [4.69, 9.17) is 0 Å². The number of carboxylic acids is 1. The summed E-state index contributed by atoms with van der Waals surface area (Å²) in [5, 5.41) is 9.17. The van der Waals surface area contributed by atoms with Gasteiger partial charge in [0.1, 0.15) is 5.82 Å². The summed E-state index contributed by atoms with van der Waals surface area (Å²) in [5.41, 5.74) is 1.24. The van der Waals surface area contributed by atoms with Gasteiger partial charge in [-0.05, 0) is 39.7 Å². The molecule has 0 saturated carbocycles. The van der Waals surface area contributed by atoms with E-state index in [1.54, 1.807) is 6.20 Å². The van der Waals surface area contributed by atoms with Gasteiger partial charge in [-0.25, -0.2) is 9.97 Å². The van der Waals surface area contributed by atoms with E-state index in [2.05, 4.69) is 26.8 Å². The zero-order valence-corrected chi connectivity index (χ0v) is 17.1. The number of carbonyl (C=O) groups excluding carboxylic acids is 1. The molecule has 0 bridgehead atoms. The molecule has 0 unspecified atom stereocenters. The number of piperazine rings is 1. The van der Waals surface area contributed by atoms with Crippen LogP contribution in [0, 0.1) is 19.8 Å². The van der Waals surface area contributed by atoms with Crippen molar-refractivity contribution >= 4 is 11.9 Å². The van der Waals surface area contributed by atoms with Gasteiger partial charge in [0.15, 0.2) is 0 Å². The molecule has 8 nitrogen and oxygen atoms in total. The second-order valence-corrected chi connectivity index (χ2v) is 8.06. The highest BCUT2D eigenvalue weighted by atomic mass is 16.4. The number of nitrogens with zero attached hydrogens (tertiary/aromatic N) is 5. The maximum Gasteiger partial charge on any atom is 0.303 e. The van der Waals surface area contributed by atoms with Crippen molar-refractivity contribution in [2.45, 2.75) is 39.2 Å². The van der Waals surface area contributed by atoms with Crippen molar-refractivity contribution in [2.24, 2.45) is 5.92 Å². The van der Waals surface area contributed by atoms with Crippen molar-refractivity contribution in [3.63, 3.8) is 0 Å². The van der Waals surface area contributed by atoms with Crippen molar-refractivity contribution in [1.82, 2.24) is 24.7 Å². The molecule has 0 spiro atoms. The number of likely N-dealkylation sites (tertiary alicyclic amines) is 1. The van der Waals surface area contributed by atoms with E-state index in [0.717, 1.165) is 32.6 Å². The van der Waals surface area contributed by atoms with Crippen LogP contribution in [0.1, 0.15) is 41.1 Å². The maximum atomic E-state index is 13.1. The van der Waals surface area contributed by atoms with Crippen LogP contribution in [-0.2, 0) is 4.79 Å². The largest absolute Gasteiger partial charge is 0.481 e. The average molecular weight is 390 g/mol. The van der Waals surface area contributed by atoms with E-state index in [9.17, 15) is 14.7 Å². The van der Waals surface area contributed by atoms with Crippen LogP contribution in [0.15, 0.2) is 6.20 Å². The van der Waals surface area contributed by atoms with Crippen LogP contribution in [0.25, 0.3) is 0 Å². The van der Waals surface area contributed by atoms with Gasteiger partial charge in [0.05, 0.1) is 11.3 Å². The molecular formula is C20H31N5O3. The van der Waals surface area contributed by atoms with E-state index in [1.165, 1.54) is 0 Å². The topological polar surface area (TPSA) is 89.9 Å². The highest BCUT2D eigenvalue weighted by Crippen LogP contribution is 2.28. The molecule has 0 radical (unpaired) electrons. The molecule has 1 N–H and O–H groups in total. The molecule has 2 aliphatic heterocycles. The number of likely N-dealkylation sites (N-methyl/N-ethyl adjacent to an activating group) is 1. The Labute approximate surface area is 166 Å². The molecule has 2 fully saturated rings. The monoisotopic (exact) mass is 389 g/mol. The number of carboxylic acid groups (broad SMARTS) is 1. The fourth-order valence-corrected chi connectivity index (χ4v) is 4.39. The van der Waals surface area contributed by atoms with Gasteiger partial charge in [0, 0.05) is 57.9 Å². The van der Waals surface area contributed by atoms with Crippen LogP contribution in [0.2, 0.25) is 0 Å². The SMILES string of the molecule is Cc1ncc(C(=O)N2CC[C@H](N3CCN(C)CC3)[C@H](CCC(=O)O)C2)c(C)n1. The summed E-state index contributed by atoms with van der Waals surface area (Å²) >= 11 is 0. The number of amides is 1. The van der Waals surface area contributed by atoms with Crippen molar-refractivity contribution in [3.8, 4) is 0 Å². The standard InChI is InChI=1S/C20H31N5O3/c1-14-17(12-21-15(2)22-14)20(28)25-7-6-18(16(13-25)4-5-19(26)27)24-10-8-23(3)9-11-24/h12,16,18H,4-11,13H2,1-3H3,(H,26,27)/t16-,18+/m1/s1. The van der Waals surface area contributed by atoms with Crippen LogP contribution in [0.3, 0.4) is 0 Å². The van der Waals surface area contributed by atoms with Crippen molar-refractivity contribution < 1.29 is 14.7 Å². The molecule has 2 aliphatic rings. The lowest BCUT2D eigenvalue weighted by molar-refractivity contribution is -0.137. The smallest absolute Gasteiger partial charge is 0.303 e. The summed E-state index contributed by atoms with van der Waals surface area (Å²) in [6.45, 7) is 9.00. The minimum atomic E-state index is -0.775. The second kappa shape index (κ2) is 8.96. The summed E-state index contributed by atoms with van der Waals surface area (Å²) in [7, 11) is 2.13. The van der Waals surface area contributed by atoms with Crippen LogP contribution in [0.5, 0.6) is 0 Å². The predicted octanol–water partition coefficient (Wildman–Crippen LogP) is 1.04. The summed E-state index contributed by atoms with van der Waals surface area (Å²) in [6, 6.07) is 0.340. The minimum absolute atomic E-state index is 0.0466. The lowest BCUT2D eigenvalue weighted by Gasteiger charge is -2.46. The molecule has 28 heavy (non-hydrogen) atoms. The summed E-state index contributed by atoms with van der Waals surface area (Å²) in [5.74, 6) is 0.00375. The minimum Gasteiger partial charge on any atom is -0.481 e. The van der Waals surface area contributed by atoms with Crippen LogP contribution in [-0.4, -0.2) is 94.0 Å². The van der Waals surface area contributed by atoms with Gasteiger partial charge < -0.3 is 14.9 Å². The fourth-order valence-electron chi connectivity index (χ4n) is 4.39. The molecule has 8 heteroatoms. The second-order valence-electron chi connectivity index (χ2n) is 8.06. The predicted molar refractivity (Wildman–Crippen MR) is 105 cm³/mol. The van der Waals surface area contributed by atoms with E-state index in [1.807, 2.05) is 18.7 Å². The van der Waals surface area contributed by atoms with Gasteiger partial charge in [-0.15, -0.1) is 0 Å². The molecular weight excluding hydrogens is 358 g/mol. The summed E-state index contributed by atoms with van der Waals surface area (Å²) in [4.78, 5) is 39.4. The highest BCUT2D eigenvalue weighted by Gasteiger charge is 2.36. The lowest BCUT2D eigenvalue weighted by Crippen LogP contribution is -2.57. The number of piperidine rings is 1. The van der Waals surface area contributed by atoms with E-state index in [0.29, 0.717) is 42.6 Å². The Morgan fingerprint density at radius 2 is 1.89 bits per heavy atom. The first-order valence-corrected chi connectivity index (χ1v) is 10.1. The van der Waals surface area contributed by atoms with Crippen molar-refractivity contribution in [1.29, 1.82) is 0 Å². The van der Waals surface area contributed by atoms with Gasteiger partial charge in [-0.3, -0.25) is 14.5 Å². The Bertz CT molecular complexity index is 718. The summed E-state index contributed by atoms with van der Waals surface area (Å²) in [6.07, 6.45) is 3.23. The molecule has 3 heterocycles. The van der Waals surface area contributed by atoms with E-state index in [-0.39, 0.29) is 18.2 Å². The molecule has 2 atom stereocenters. The van der Waals surface area contributed by atoms with Gasteiger partial charge in [0.2, 0.25) is 0 Å². The zero-order chi connectivity index (χ0) is 20.3. The zero-order valence-electron chi connectivity index (χ0n) is 17.1. The quantitative estimate of drug-likeness (QED) is 0.805. The number of rotatable bonds is 5. The molecule has 1 aromatic heterocycles. The Hall–Kier alpha value is -2.06. The Balaban J connectivity index is 1.72. The first-order valence-electron chi connectivity index (χ1n) is 10.1. The third-order valence-corrected chi connectivity index (χ3v) is 6.05. The normalized spacial score (nSPS) is 24.3. The number of aryl methyl sites for hydroxylation is 2. The molecule has 1 amide bonds. The maximum absolute atomic E-state index is 13.1. The Morgan fingerprint density at radius 1 is 1.18 bits per heavy atom. The first kappa shape index (κ1) is 20.7. The van der Waals surface area contributed by atoms with Gasteiger partial charge in [0.25, 0.3) is 5.91 Å². The first-order chi connectivity index (χ1) is 13.3. The number of carbonyl (C=O) groups is 2. The molecule has 3 rings (SSSR count). The van der Waals surface area contributed by atoms with Gasteiger partial charge in [-0.2, -0.15) is 0 Å². The molecule has 154 valence electrons. The van der Waals surface area contributed by atoms with E-state index < -0.39 is 5.97 Å². The van der Waals surface area contributed by atoms with Crippen LogP contribution < -0.4 is 0 Å². The number of aromatic nitrogens is 2. The van der Waals surface area contributed by atoms with Crippen LogP contribution >= 0.6 is 0 Å². The molecule has 0 aliphatic carbocycles. The molecule has 1 aromatic rings. The lowest BCUT2D eigenvalue weighted by atomic mass is 9.86.